The van der Waals surface area contributed by atoms with Gasteiger partial charge in [-0.1, -0.05) is 31.2 Å². The van der Waals surface area contributed by atoms with Crippen LogP contribution in [0.3, 0.4) is 0 Å². The van der Waals surface area contributed by atoms with Gasteiger partial charge in [0.05, 0.1) is 4.90 Å². The normalized spacial score (nSPS) is 16.7. The Hall–Kier alpha value is -4.05. The van der Waals surface area contributed by atoms with E-state index < -0.39 is 40.0 Å². The molecule has 226 valence electrons. The van der Waals surface area contributed by atoms with Gasteiger partial charge < -0.3 is 20.7 Å². The van der Waals surface area contributed by atoms with Gasteiger partial charge in [-0.2, -0.15) is 9.29 Å². The Balaban J connectivity index is 1.57. The van der Waals surface area contributed by atoms with Crippen LogP contribution in [-0.4, -0.2) is 60.6 Å². The number of anilines is 2. The second kappa shape index (κ2) is 12.1. The first kappa shape index (κ1) is 30.9. The van der Waals surface area contributed by atoms with Crippen molar-refractivity contribution in [3.8, 4) is 5.75 Å². The molecule has 2 heterocycles. The predicted octanol–water partition coefficient (Wildman–Crippen LogP) is 3.66. The van der Waals surface area contributed by atoms with Crippen LogP contribution in [0.2, 0.25) is 0 Å². The van der Waals surface area contributed by atoms with Crippen molar-refractivity contribution in [2.24, 2.45) is 0 Å². The SMILES string of the molecule is CCC(F)(F)c1ccc(CNC(=O)[C@H]2CN(c3nccc(N)n3)CCN2S(=O)(=O)c2ccc(OC(F)(F)F)cc2)cc1. The molecule has 1 saturated heterocycles. The molecule has 0 spiro atoms. The number of nitrogens with two attached hydrogens (primary N) is 1. The molecular formula is C26H27F5N6O4S. The van der Waals surface area contributed by atoms with E-state index in [1.807, 2.05) is 0 Å². The molecule has 1 aromatic heterocycles. The van der Waals surface area contributed by atoms with Crippen molar-refractivity contribution in [3.05, 3.63) is 71.9 Å². The number of rotatable bonds is 9. The van der Waals surface area contributed by atoms with Crippen LogP contribution in [0.25, 0.3) is 0 Å². The highest BCUT2D eigenvalue weighted by Crippen LogP contribution is 2.31. The van der Waals surface area contributed by atoms with Crippen molar-refractivity contribution >= 4 is 27.7 Å². The van der Waals surface area contributed by atoms with Gasteiger partial charge in [0.1, 0.15) is 17.6 Å². The number of carbonyl (C=O) groups is 1. The van der Waals surface area contributed by atoms with Crippen LogP contribution in [-0.2, 0) is 27.3 Å². The number of sulfonamides is 1. The van der Waals surface area contributed by atoms with Crippen LogP contribution in [0.4, 0.5) is 33.7 Å². The zero-order valence-corrected chi connectivity index (χ0v) is 23.0. The molecule has 1 aliphatic heterocycles. The molecule has 4 rings (SSSR count). The maximum atomic E-state index is 14.0. The van der Waals surface area contributed by atoms with E-state index >= 15 is 0 Å². The van der Waals surface area contributed by atoms with Crippen LogP contribution in [0.15, 0.2) is 65.7 Å². The summed E-state index contributed by atoms with van der Waals surface area (Å²) in [5, 5.41) is 2.64. The van der Waals surface area contributed by atoms with Crippen molar-refractivity contribution in [1.82, 2.24) is 19.6 Å². The number of aromatic nitrogens is 2. The highest BCUT2D eigenvalue weighted by atomic mass is 32.2. The van der Waals surface area contributed by atoms with Gasteiger partial charge in [-0.05, 0) is 35.9 Å². The number of ether oxygens (including phenoxy) is 1. The minimum atomic E-state index is -4.96. The molecule has 16 heteroatoms. The van der Waals surface area contributed by atoms with Crippen molar-refractivity contribution in [2.45, 2.75) is 43.1 Å². The molecule has 0 bridgehead atoms. The fraction of sp³-hybridized carbons (Fsp3) is 0.346. The minimum Gasteiger partial charge on any atom is -0.406 e. The number of amides is 1. The lowest BCUT2D eigenvalue weighted by molar-refractivity contribution is -0.274. The molecule has 1 atom stereocenters. The number of nitrogens with zero attached hydrogens (tertiary/aromatic N) is 4. The van der Waals surface area contributed by atoms with E-state index in [2.05, 4.69) is 20.0 Å². The van der Waals surface area contributed by atoms with Gasteiger partial charge in [0.25, 0.3) is 5.92 Å². The Morgan fingerprint density at radius 3 is 2.31 bits per heavy atom. The highest BCUT2D eigenvalue weighted by molar-refractivity contribution is 7.89. The largest absolute Gasteiger partial charge is 0.573 e. The van der Waals surface area contributed by atoms with Crippen LogP contribution in [0.5, 0.6) is 5.75 Å². The second-order valence-electron chi connectivity index (χ2n) is 9.35. The lowest BCUT2D eigenvalue weighted by atomic mass is 10.0. The van der Waals surface area contributed by atoms with Crippen molar-refractivity contribution < 1.29 is 39.9 Å². The molecule has 3 N–H and O–H groups in total. The molecule has 2 aromatic carbocycles. The fourth-order valence-corrected chi connectivity index (χ4v) is 5.86. The average Bonchev–Trinajstić information content (AvgIpc) is 2.95. The first-order valence-electron chi connectivity index (χ1n) is 12.7. The molecule has 0 aliphatic carbocycles. The van der Waals surface area contributed by atoms with Crippen LogP contribution in [0, 0.1) is 0 Å². The molecule has 3 aromatic rings. The van der Waals surface area contributed by atoms with Crippen LogP contribution >= 0.6 is 0 Å². The Bertz CT molecular complexity index is 1500. The molecule has 10 nitrogen and oxygen atoms in total. The van der Waals surface area contributed by atoms with E-state index in [0.717, 1.165) is 28.6 Å². The molecule has 1 aliphatic rings. The second-order valence-corrected chi connectivity index (χ2v) is 11.2. The molecule has 0 radical (unpaired) electrons. The van der Waals surface area contributed by atoms with Crippen molar-refractivity contribution in [1.29, 1.82) is 0 Å². The summed E-state index contributed by atoms with van der Waals surface area (Å²) in [5.74, 6) is -3.98. The van der Waals surface area contributed by atoms with Crippen molar-refractivity contribution in [3.63, 3.8) is 0 Å². The smallest absolute Gasteiger partial charge is 0.406 e. The number of benzene rings is 2. The third-order valence-electron chi connectivity index (χ3n) is 6.53. The van der Waals surface area contributed by atoms with E-state index in [0.29, 0.717) is 5.56 Å². The van der Waals surface area contributed by atoms with E-state index in [1.165, 1.54) is 43.5 Å². The summed E-state index contributed by atoms with van der Waals surface area (Å²) < 4.78 is 97.4. The van der Waals surface area contributed by atoms with Gasteiger partial charge in [-0.3, -0.25) is 4.79 Å². The Morgan fingerprint density at radius 2 is 1.71 bits per heavy atom. The van der Waals surface area contributed by atoms with Crippen LogP contribution in [0.1, 0.15) is 24.5 Å². The standard InChI is InChI=1S/C26H27F5N6O4S/c1-2-25(27,28)18-5-3-17(4-6-18)15-34-23(38)21-16-36(24-33-12-11-22(32)35-24)13-14-37(21)42(39,40)20-9-7-19(8-10-20)41-26(29,30)31/h3-12,21H,2,13-16H2,1H3,(H,34,38)(H2,32,33,35)/t21-/m1/s1. The quantitative estimate of drug-likeness (QED) is 0.350. The summed E-state index contributed by atoms with van der Waals surface area (Å²) in [6.45, 7) is 0.987. The molecule has 0 saturated carbocycles. The average molecular weight is 615 g/mol. The van der Waals surface area contributed by atoms with Gasteiger partial charge in [-0.25, -0.2) is 22.2 Å². The summed E-state index contributed by atoms with van der Waals surface area (Å²) >= 11 is 0. The number of nitrogen functional groups attached to an aromatic ring is 1. The zero-order valence-electron chi connectivity index (χ0n) is 22.2. The van der Waals surface area contributed by atoms with Gasteiger partial charge in [0, 0.05) is 44.4 Å². The summed E-state index contributed by atoms with van der Waals surface area (Å²) in [5.41, 5.74) is 6.08. The number of hydrogen-bond acceptors (Lipinski definition) is 8. The molecule has 42 heavy (non-hydrogen) atoms. The van der Waals surface area contributed by atoms with Crippen molar-refractivity contribution in [2.75, 3.05) is 30.3 Å². The molecule has 1 fully saturated rings. The van der Waals surface area contributed by atoms with Crippen LogP contribution < -0.4 is 20.7 Å². The topological polar surface area (TPSA) is 131 Å². The molecule has 1 amide bonds. The van der Waals surface area contributed by atoms with Gasteiger partial charge in [-0.15, -0.1) is 13.2 Å². The number of carbonyl (C=O) groups excluding carboxylic acids is 1. The summed E-state index contributed by atoms with van der Waals surface area (Å²) in [6.07, 6.45) is -3.92. The summed E-state index contributed by atoms with van der Waals surface area (Å²) in [7, 11) is -4.38. The maximum absolute atomic E-state index is 14.0. The summed E-state index contributed by atoms with van der Waals surface area (Å²) in [4.78, 5) is 22.9. The predicted molar refractivity (Wildman–Crippen MR) is 142 cm³/mol. The number of nitrogens with one attached hydrogen (secondary N) is 1. The zero-order chi connectivity index (χ0) is 30.7. The lowest BCUT2D eigenvalue weighted by Gasteiger charge is -2.39. The van der Waals surface area contributed by atoms with Gasteiger partial charge >= 0.3 is 6.36 Å². The summed E-state index contributed by atoms with van der Waals surface area (Å²) in [6, 6.07) is 9.15. The first-order chi connectivity index (χ1) is 19.7. The third kappa shape index (κ3) is 7.23. The monoisotopic (exact) mass is 614 g/mol. The third-order valence-corrected chi connectivity index (χ3v) is 8.45. The Morgan fingerprint density at radius 1 is 1.05 bits per heavy atom. The Kier molecular flexibility index (Phi) is 8.87. The number of hydrogen-bond donors (Lipinski definition) is 2. The minimum absolute atomic E-state index is 0.0782. The fourth-order valence-electron chi connectivity index (χ4n) is 4.29. The van der Waals surface area contributed by atoms with E-state index in [1.54, 1.807) is 4.90 Å². The molecular weight excluding hydrogens is 587 g/mol. The number of halogens is 5. The number of alkyl halides is 5. The Labute approximate surface area is 238 Å². The van der Waals surface area contributed by atoms with E-state index in [-0.39, 0.29) is 54.8 Å². The molecule has 0 unspecified atom stereocenters. The van der Waals surface area contributed by atoms with Gasteiger partial charge in [0.15, 0.2) is 0 Å². The van der Waals surface area contributed by atoms with Gasteiger partial charge in [0.2, 0.25) is 21.9 Å². The van der Waals surface area contributed by atoms with E-state index in [4.69, 9.17) is 5.73 Å². The lowest BCUT2D eigenvalue weighted by Crippen LogP contribution is -2.60. The maximum Gasteiger partial charge on any atom is 0.573 e. The number of piperazine rings is 1. The highest BCUT2D eigenvalue weighted by Gasteiger charge is 2.41. The van der Waals surface area contributed by atoms with E-state index in [9.17, 15) is 35.2 Å². The first-order valence-corrected chi connectivity index (χ1v) is 14.1.